The van der Waals surface area contributed by atoms with Crippen LogP contribution in [0.15, 0.2) is 65.7 Å². The SMILES string of the molecule is CCCC[C@H](NC(=O)[C@@H](NC(=O)[C@@H](NC(=O)OCc1ccccc1)[C@H](N)c1ccccc1)[C@H](O)C(C)C)C(=O)N[C@H](CCCN=C(N)N)C(=O)N[C@H](C(=O)N[C@H](C(=O)NCC(=O)N[C@@H](C)C(=O)N[C@@H](CO)C(=O)O)[C@H](C)O)[C@@H](C)CC. The number of guanidine groups is 1. The van der Waals surface area contributed by atoms with E-state index in [1.54, 1.807) is 88.4 Å². The third kappa shape index (κ3) is 24.1. The molecule has 0 aliphatic carbocycles. The number of alkyl carbamates (subject to hydrolysis) is 1. The van der Waals surface area contributed by atoms with Crippen molar-refractivity contribution in [2.24, 2.45) is 34.0 Å². The molecule has 0 radical (unpaired) electrons. The van der Waals surface area contributed by atoms with Gasteiger partial charge in [0.15, 0.2) is 5.96 Å². The van der Waals surface area contributed by atoms with Gasteiger partial charge >= 0.3 is 12.1 Å². The highest BCUT2D eigenvalue weighted by Gasteiger charge is 2.39. The highest BCUT2D eigenvalue weighted by Crippen LogP contribution is 2.17. The highest BCUT2D eigenvalue weighted by atomic mass is 16.5. The number of nitrogens with zero attached hydrogens (tertiary/aromatic N) is 1. The van der Waals surface area contributed by atoms with Crippen LogP contribution in [0, 0.1) is 11.8 Å². The van der Waals surface area contributed by atoms with Crippen LogP contribution in [0.2, 0.25) is 0 Å². The highest BCUT2D eigenvalue weighted by molar-refractivity contribution is 5.98. The quantitative estimate of drug-likeness (QED) is 0.0189. The lowest BCUT2D eigenvalue weighted by atomic mass is 9.95. The minimum absolute atomic E-state index is 0.000274. The van der Waals surface area contributed by atoms with Gasteiger partial charge in [-0.15, -0.1) is 0 Å². The van der Waals surface area contributed by atoms with Crippen molar-refractivity contribution in [3.63, 3.8) is 0 Å². The lowest BCUT2D eigenvalue weighted by Crippen LogP contribution is -2.63. The molecule has 0 aliphatic heterocycles. The zero-order chi connectivity index (χ0) is 60.9. The van der Waals surface area contributed by atoms with Crippen LogP contribution in [-0.2, 0) is 54.5 Å². The van der Waals surface area contributed by atoms with Gasteiger partial charge in [-0.05, 0) is 56.1 Å². The number of carboxylic acid groups (broad SMARTS) is 1. The second kappa shape index (κ2) is 35.6. The first kappa shape index (κ1) is 69.2. The van der Waals surface area contributed by atoms with Crippen molar-refractivity contribution in [3.05, 3.63) is 71.8 Å². The summed E-state index contributed by atoms with van der Waals surface area (Å²) in [6, 6.07) is 3.65. The Balaban J connectivity index is 2.41. The summed E-state index contributed by atoms with van der Waals surface area (Å²) in [6.07, 6.45) is -3.00. The van der Waals surface area contributed by atoms with Crippen molar-refractivity contribution in [2.45, 2.75) is 160 Å². The molecule has 0 bridgehead atoms. The third-order valence-electron chi connectivity index (χ3n) is 12.8. The summed E-state index contributed by atoms with van der Waals surface area (Å²) in [7, 11) is 0. The fourth-order valence-electron chi connectivity index (χ4n) is 7.72. The zero-order valence-electron chi connectivity index (χ0n) is 46.8. The van der Waals surface area contributed by atoms with Crippen molar-refractivity contribution in [1.82, 2.24) is 47.9 Å². The monoisotopic (exact) mass is 1140 g/mol. The standard InChI is InChI=1S/C53H83N13O15/c1-8-10-22-34(61-50(77)42(43(70)28(3)4)65-49(76)41(38(54)33-20-15-12-16-21-33)66-53(80)81-27-32-18-13-11-14-19-32)45(72)60-35(23-17-24-57-52(55)56)46(73)63-39(29(5)9-2)48(75)64-40(31(7)68)47(74)58-25-37(69)59-30(6)44(71)62-36(26-67)51(78)79/h11-16,18-21,28-31,34-36,38-43,67-68,70H,8-10,17,22-27,54H2,1-7H3,(H,58,74)(H,59,69)(H,60,72)(H,61,77)(H,62,71)(H,63,73)(H,64,75)(H,65,76)(H,66,80)(H,78,79)(H4,55,56,57)/t29-,30-,31-,34-,35+,36-,38+,39-,40-,41-,42-,43+/m0/s1. The second-order valence-corrected chi connectivity index (χ2v) is 19.7. The minimum Gasteiger partial charge on any atom is -0.480 e. The number of rotatable bonds is 35. The van der Waals surface area contributed by atoms with E-state index in [9.17, 15) is 63.3 Å². The van der Waals surface area contributed by atoms with E-state index in [0.717, 1.165) is 0 Å². The molecule has 12 atom stereocenters. The molecule has 0 saturated carbocycles. The van der Waals surface area contributed by atoms with Crippen molar-refractivity contribution in [2.75, 3.05) is 19.7 Å². The molecule has 450 valence electrons. The molecule has 0 spiro atoms. The number of benzene rings is 2. The molecule has 0 fully saturated rings. The Morgan fingerprint density at radius 1 is 0.605 bits per heavy atom. The van der Waals surface area contributed by atoms with E-state index in [4.69, 9.17) is 27.0 Å². The molecule has 28 heteroatoms. The van der Waals surface area contributed by atoms with Gasteiger partial charge in [0, 0.05) is 6.54 Å². The predicted octanol–water partition coefficient (Wildman–Crippen LogP) is -2.72. The van der Waals surface area contributed by atoms with E-state index in [2.05, 4.69) is 47.5 Å². The third-order valence-corrected chi connectivity index (χ3v) is 12.8. The summed E-state index contributed by atoms with van der Waals surface area (Å²) in [5, 5.41) is 62.2. The number of aliphatic hydroxyl groups excluding tert-OH is 3. The number of carboxylic acids is 1. The first-order chi connectivity index (χ1) is 38.3. The van der Waals surface area contributed by atoms with E-state index in [-0.39, 0.29) is 44.8 Å². The van der Waals surface area contributed by atoms with Crippen LogP contribution in [0.5, 0.6) is 0 Å². The van der Waals surface area contributed by atoms with Gasteiger partial charge in [0.05, 0.1) is 31.4 Å². The summed E-state index contributed by atoms with van der Waals surface area (Å²) in [5.74, 6) is -10.7. The second-order valence-electron chi connectivity index (χ2n) is 19.7. The number of aliphatic carboxylic acids is 1. The van der Waals surface area contributed by atoms with Gasteiger partial charge < -0.3 is 90.2 Å². The van der Waals surface area contributed by atoms with Gasteiger partial charge in [0.2, 0.25) is 47.3 Å². The van der Waals surface area contributed by atoms with E-state index < -0.39 is 151 Å². The molecular weight excluding hydrogens is 1060 g/mol. The van der Waals surface area contributed by atoms with E-state index in [0.29, 0.717) is 24.0 Å². The average Bonchev–Trinajstić information content (AvgIpc) is 3.46. The fourth-order valence-corrected chi connectivity index (χ4v) is 7.72. The smallest absolute Gasteiger partial charge is 0.408 e. The van der Waals surface area contributed by atoms with E-state index in [1.165, 1.54) is 13.8 Å². The summed E-state index contributed by atoms with van der Waals surface area (Å²) < 4.78 is 5.38. The van der Waals surface area contributed by atoms with Gasteiger partial charge in [-0.25, -0.2) is 9.59 Å². The van der Waals surface area contributed by atoms with Crippen LogP contribution < -0.4 is 65.1 Å². The average molecular weight is 1140 g/mol. The van der Waals surface area contributed by atoms with Crippen molar-refractivity contribution >= 4 is 65.3 Å². The maximum Gasteiger partial charge on any atom is 0.408 e. The topological polar surface area (TPSA) is 460 Å². The Hall–Kier alpha value is -7.95. The van der Waals surface area contributed by atoms with Gasteiger partial charge in [-0.2, -0.15) is 0 Å². The van der Waals surface area contributed by atoms with Crippen LogP contribution in [-0.4, -0.2) is 166 Å². The number of carbonyl (C=O) groups is 10. The summed E-state index contributed by atoms with van der Waals surface area (Å²) in [4.78, 5) is 138. The Bertz CT molecular complexity index is 2410. The van der Waals surface area contributed by atoms with Gasteiger partial charge in [-0.3, -0.25) is 43.3 Å². The first-order valence-corrected chi connectivity index (χ1v) is 26.7. The minimum atomic E-state index is -1.74. The largest absolute Gasteiger partial charge is 0.480 e. The molecule has 2 aromatic carbocycles. The number of nitrogens with one attached hydrogen (secondary N) is 9. The number of ether oxygens (including phenoxy) is 1. The number of aliphatic hydroxyl groups is 3. The lowest BCUT2D eigenvalue weighted by molar-refractivity contribution is -0.143. The summed E-state index contributed by atoms with van der Waals surface area (Å²) in [6.45, 7) is 8.85. The van der Waals surface area contributed by atoms with Gasteiger partial charge in [-0.1, -0.05) is 115 Å². The van der Waals surface area contributed by atoms with Crippen molar-refractivity contribution in [1.29, 1.82) is 0 Å². The van der Waals surface area contributed by atoms with Crippen LogP contribution in [0.25, 0.3) is 0 Å². The first-order valence-electron chi connectivity index (χ1n) is 26.7. The Morgan fingerprint density at radius 3 is 1.67 bits per heavy atom. The zero-order valence-corrected chi connectivity index (χ0v) is 46.8. The number of nitrogens with two attached hydrogens (primary N) is 3. The van der Waals surface area contributed by atoms with Crippen LogP contribution in [0.1, 0.15) is 104 Å². The maximum absolute atomic E-state index is 14.4. The predicted molar refractivity (Wildman–Crippen MR) is 295 cm³/mol. The number of unbranched alkanes of at least 4 members (excludes halogenated alkanes) is 1. The summed E-state index contributed by atoms with van der Waals surface area (Å²) >= 11 is 0. The van der Waals surface area contributed by atoms with E-state index >= 15 is 0 Å². The molecule has 0 aliphatic rings. The molecule has 9 amide bonds. The number of aliphatic imine (C=N–C) groups is 1. The number of amides is 9. The van der Waals surface area contributed by atoms with Crippen molar-refractivity contribution < 1.29 is 73.1 Å². The normalized spacial score (nSPS) is 15.5. The molecule has 0 saturated heterocycles. The molecule has 81 heavy (non-hydrogen) atoms. The Kier molecular flexibility index (Phi) is 30.4. The number of carbonyl (C=O) groups excluding carboxylic acids is 9. The fraction of sp³-hybridized carbons (Fsp3) is 0.566. The molecule has 28 nitrogen and oxygen atoms in total. The molecule has 0 unspecified atom stereocenters. The molecule has 19 N–H and O–H groups in total. The lowest BCUT2D eigenvalue weighted by Gasteiger charge is -2.31. The summed E-state index contributed by atoms with van der Waals surface area (Å²) in [5.41, 5.74) is 18.7. The maximum atomic E-state index is 14.4. The van der Waals surface area contributed by atoms with Crippen LogP contribution in [0.4, 0.5) is 4.79 Å². The Labute approximate surface area is 470 Å². The van der Waals surface area contributed by atoms with Crippen molar-refractivity contribution in [3.8, 4) is 0 Å². The molecular formula is C53H83N13O15. The van der Waals surface area contributed by atoms with Crippen LogP contribution >= 0.6 is 0 Å². The van der Waals surface area contributed by atoms with E-state index in [1.807, 2.05) is 12.2 Å². The molecule has 2 aromatic rings. The number of hydrogen-bond acceptors (Lipinski definition) is 16. The molecule has 2 rings (SSSR count). The molecule has 0 aromatic heterocycles. The molecule has 0 heterocycles. The van der Waals surface area contributed by atoms with Gasteiger partial charge in [0.25, 0.3) is 0 Å². The van der Waals surface area contributed by atoms with Crippen LogP contribution in [0.3, 0.4) is 0 Å². The van der Waals surface area contributed by atoms with Gasteiger partial charge in [0.1, 0.15) is 54.9 Å². The Morgan fingerprint density at radius 2 is 1.12 bits per heavy atom. The number of hydrogen-bond donors (Lipinski definition) is 16.